The molecule has 0 saturated carbocycles. The Balaban J connectivity index is 2.06. The van der Waals surface area contributed by atoms with Gasteiger partial charge in [0.1, 0.15) is 5.69 Å². The Morgan fingerprint density at radius 1 is 1.35 bits per heavy atom. The Kier molecular flexibility index (Phi) is 4.86. The fraction of sp³-hybridized carbons (Fsp3) is 0.154. The molecule has 0 atom stereocenters. The third-order valence-electron chi connectivity index (χ3n) is 2.29. The van der Waals surface area contributed by atoms with Gasteiger partial charge in [-0.25, -0.2) is 9.78 Å². The van der Waals surface area contributed by atoms with Crippen LogP contribution < -0.4 is 5.32 Å². The van der Waals surface area contributed by atoms with Gasteiger partial charge < -0.3 is 10.1 Å². The van der Waals surface area contributed by atoms with Crippen LogP contribution in [0.15, 0.2) is 34.1 Å². The molecule has 0 aliphatic rings. The number of esters is 1. The van der Waals surface area contributed by atoms with Gasteiger partial charge in [0, 0.05) is 15.5 Å². The van der Waals surface area contributed by atoms with E-state index in [-0.39, 0.29) is 23.2 Å². The van der Waals surface area contributed by atoms with E-state index in [2.05, 4.69) is 26.2 Å². The third-order valence-corrected chi connectivity index (χ3v) is 3.64. The molecule has 20 heavy (non-hydrogen) atoms. The molecule has 0 saturated heterocycles. The van der Waals surface area contributed by atoms with Crippen LogP contribution in [-0.2, 0) is 4.74 Å². The first-order valence-corrected chi connectivity index (χ1v) is 7.47. The lowest BCUT2D eigenvalue weighted by molar-refractivity contribution is 0.0526. The molecule has 104 valence electrons. The predicted octanol–water partition coefficient (Wildman–Crippen LogP) is 3.33. The van der Waals surface area contributed by atoms with Gasteiger partial charge in [0.25, 0.3) is 5.91 Å². The van der Waals surface area contributed by atoms with Gasteiger partial charge in [0.15, 0.2) is 0 Å². The summed E-state index contributed by atoms with van der Waals surface area (Å²) in [4.78, 5) is 27.4. The number of aromatic nitrogens is 1. The van der Waals surface area contributed by atoms with E-state index in [1.807, 2.05) is 12.1 Å². The highest BCUT2D eigenvalue weighted by Gasteiger charge is 2.16. The molecule has 1 N–H and O–H groups in total. The second-order valence-corrected chi connectivity index (χ2v) is 5.49. The van der Waals surface area contributed by atoms with Gasteiger partial charge in [-0.05, 0) is 31.2 Å². The summed E-state index contributed by atoms with van der Waals surface area (Å²) in [6.45, 7) is 1.99. The zero-order valence-corrected chi connectivity index (χ0v) is 13.0. The van der Waals surface area contributed by atoms with Crippen LogP contribution >= 0.6 is 27.3 Å². The van der Waals surface area contributed by atoms with Crippen molar-refractivity contribution in [3.8, 4) is 0 Å². The third kappa shape index (κ3) is 3.64. The molecule has 2 rings (SSSR count). The van der Waals surface area contributed by atoms with Gasteiger partial charge in [-0.3, -0.25) is 4.79 Å². The highest BCUT2D eigenvalue weighted by atomic mass is 79.9. The van der Waals surface area contributed by atoms with Crippen molar-refractivity contribution in [2.75, 3.05) is 11.9 Å². The van der Waals surface area contributed by atoms with E-state index in [0.717, 1.165) is 15.8 Å². The van der Waals surface area contributed by atoms with Crippen molar-refractivity contribution in [3.63, 3.8) is 0 Å². The van der Waals surface area contributed by atoms with Crippen LogP contribution in [0.1, 0.15) is 27.2 Å². The fourth-order valence-electron chi connectivity index (χ4n) is 1.39. The average Bonchev–Trinajstić information content (AvgIpc) is 2.91. The number of nitrogens with one attached hydrogen (secondary N) is 1. The molecule has 2 aromatic rings. The second-order valence-electron chi connectivity index (χ2n) is 3.72. The topological polar surface area (TPSA) is 68.3 Å². The Hall–Kier alpha value is -1.73. The zero-order valence-electron chi connectivity index (χ0n) is 10.6. The lowest BCUT2D eigenvalue weighted by Crippen LogP contribution is -2.13. The molecule has 1 heterocycles. The molecule has 0 aliphatic heterocycles. The lowest BCUT2D eigenvalue weighted by atomic mass is 10.3. The molecule has 0 spiro atoms. The van der Waals surface area contributed by atoms with Gasteiger partial charge in [-0.1, -0.05) is 15.9 Å². The number of nitrogens with zero attached hydrogens (tertiary/aromatic N) is 1. The van der Waals surface area contributed by atoms with Crippen molar-refractivity contribution >= 4 is 44.8 Å². The van der Waals surface area contributed by atoms with Crippen molar-refractivity contribution in [1.29, 1.82) is 0 Å². The second kappa shape index (κ2) is 6.62. The molecular weight excluding hydrogens is 344 g/mol. The van der Waals surface area contributed by atoms with Crippen molar-refractivity contribution in [2.24, 2.45) is 0 Å². The highest BCUT2D eigenvalue weighted by molar-refractivity contribution is 9.10. The predicted molar refractivity (Wildman–Crippen MR) is 80.2 cm³/mol. The number of amides is 1. The van der Waals surface area contributed by atoms with Crippen molar-refractivity contribution in [3.05, 3.63) is 44.8 Å². The molecule has 0 aliphatic carbocycles. The van der Waals surface area contributed by atoms with E-state index in [0.29, 0.717) is 5.69 Å². The van der Waals surface area contributed by atoms with E-state index in [4.69, 9.17) is 4.74 Å². The number of carbonyl (C=O) groups excluding carboxylic acids is 2. The quantitative estimate of drug-likeness (QED) is 0.855. The minimum Gasteiger partial charge on any atom is -0.461 e. The van der Waals surface area contributed by atoms with Crippen molar-refractivity contribution in [1.82, 2.24) is 4.98 Å². The summed E-state index contributed by atoms with van der Waals surface area (Å²) in [7, 11) is 0. The van der Waals surface area contributed by atoms with Crippen LogP contribution in [0.4, 0.5) is 5.69 Å². The smallest absolute Gasteiger partial charge is 0.367 e. The molecule has 0 bridgehead atoms. The zero-order chi connectivity index (χ0) is 14.5. The van der Waals surface area contributed by atoms with Crippen LogP contribution in [0.25, 0.3) is 0 Å². The first-order valence-electron chi connectivity index (χ1n) is 5.79. The van der Waals surface area contributed by atoms with Crippen LogP contribution in [-0.4, -0.2) is 23.5 Å². The number of ether oxygens (including phenoxy) is 1. The summed E-state index contributed by atoms with van der Waals surface area (Å²) in [5, 5.41) is 4.40. The maximum atomic E-state index is 12.0. The minimum atomic E-state index is -0.514. The van der Waals surface area contributed by atoms with Gasteiger partial charge in [-0.2, -0.15) is 0 Å². The van der Waals surface area contributed by atoms with Crippen LogP contribution in [0.2, 0.25) is 0 Å². The molecule has 1 aromatic heterocycles. The van der Waals surface area contributed by atoms with Gasteiger partial charge >= 0.3 is 5.97 Å². The number of hydrogen-bond donors (Lipinski definition) is 1. The van der Waals surface area contributed by atoms with E-state index in [9.17, 15) is 9.59 Å². The monoisotopic (exact) mass is 354 g/mol. The summed E-state index contributed by atoms with van der Waals surface area (Å²) in [6, 6.07) is 7.17. The SMILES string of the molecule is CCOC(=O)c1nc(C(=O)Nc2ccc(Br)cc2)cs1. The first-order chi connectivity index (χ1) is 9.60. The first kappa shape index (κ1) is 14.7. The highest BCUT2D eigenvalue weighted by Crippen LogP contribution is 2.16. The molecule has 5 nitrogen and oxygen atoms in total. The Morgan fingerprint density at radius 3 is 2.70 bits per heavy atom. The number of hydrogen-bond acceptors (Lipinski definition) is 5. The summed E-state index contributed by atoms with van der Waals surface area (Å²) in [5.41, 5.74) is 0.852. The van der Waals surface area contributed by atoms with Gasteiger partial charge in [0.05, 0.1) is 6.61 Å². The Morgan fingerprint density at radius 2 is 2.05 bits per heavy atom. The van der Waals surface area contributed by atoms with Gasteiger partial charge in [0.2, 0.25) is 5.01 Å². The number of benzene rings is 1. The summed E-state index contributed by atoms with van der Waals surface area (Å²) >= 11 is 4.40. The molecule has 0 radical (unpaired) electrons. The van der Waals surface area contributed by atoms with Gasteiger partial charge in [-0.15, -0.1) is 11.3 Å². The number of rotatable bonds is 4. The molecule has 1 aromatic carbocycles. The summed E-state index contributed by atoms with van der Waals surface area (Å²) in [5.74, 6) is -0.876. The molecule has 7 heteroatoms. The number of thiazole rings is 1. The molecule has 0 unspecified atom stereocenters. The minimum absolute atomic E-state index is 0.174. The van der Waals surface area contributed by atoms with Crippen molar-refractivity contribution < 1.29 is 14.3 Å². The standard InChI is InChI=1S/C13H11BrN2O3S/c1-2-19-13(18)12-16-10(7-20-12)11(17)15-9-5-3-8(14)4-6-9/h3-7H,2H2,1H3,(H,15,17). The van der Waals surface area contributed by atoms with E-state index in [1.54, 1.807) is 19.1 Å². The average molecular weight is 355 g/mol. The summed E-state index contributed by atoms with van der Waals surface area (Å²) < 4.78 is 5.75. The number of carbonyl (C=O) groups is 2. The lowest BCUT2D eigenvalue weighted by Gasteiger charge is -2.02. The van der Waals surface area contributed by atoms with Crippen LogP contribution in [0, 0.1) is 0 Å². The summed E-state index contributed by atoms with van der Waals surface area (Å²) in [6.07, 6.45) is 0. The Labute approximate surface area is 128 Å². The Bertz CT molecular complexity index is 625. The van der Waals surface area contributed by atoms with Crippen molar-refractivity contribution in [2.45, 2.75) is 6.92 Å². The van der Waals surface area contributed by atoms with E-state index in [1.165, 1.54) is 5.38 Å². The number of anilines is 1. The van der Waals surface area contributed by atoms with E-state index >= 15 is 0 Å². The maximum Gasteiger partial charge on any atom is 0.367 e. The fourth-order valence-corrected chi connectivity index (χ4v) is 2.35. The molecule has 1 amide bonds. The van der Waals surface area contributed by atoms with Crippen LogP contribution in [0.5, 0.6) is 0 Å². The van der Waals surface area contributed by atoms with E-state index < -0.39 is 5.97 Å². The van der Waals surface area contributed by atoms with Crippen LogP contribution in [0.3, 0.4) is 0 Å². The number of halogens is 1. The normalized spacial score (nSPS) is 10.1. The largest absolute Gasteiger partial charge is 0.461 e. The molecule has 0 fully saturated rings. The maximum absolute atomic E-state index is 12.0. The molecular formula is C13H11BrN2O3S.